The van der Waals surface area contributed by atoms with E-state index < -0.39 is 6.04 Å². The van der Waals surface area contributed by atoms with E-state index in [0.717, 1.165) is 56.5 Å². The predicted molar refractivity (Wildman–Crippen MR) is 130 cm³/mol. The molecule has 3 aliphatic heterocycles. The average molecular weight is 484 g/mol. The van der Waals surface area contributed by atoms with Gasteiger partial charge in [0, 0.05) is 44.8 Å². The van der Waals surface area contributed by atoms with Gasteiger partial charge in [0.1, 0.15) is 17.9 Å². The lowest BCUT2D eigenvalue weighted by atomic mass is 9.91. The number of ether oxygens (including phenoxy) is 2. The fraction of sp³-hybridized carbons (Fsp3) is 0.667. The van der Waals surface area contributed by atoms with Crippen LogP contribution in [0.4, 0.5) is 0 Å². The molecule has 1 unspecified atom stereocenters. The number of rotatable bonds is 5. The number of nitrogens with one attached hydrogen (secondary N) is 1. The molecule has 8 heteroatoms. The summed E-state index contributed by atoms with van der Waals surface area (Å²) in [5, 5.41) is 2.36. The Kier molecular flexibility index (Phi) is 6.86. The van der Waals surface area contributed by atoms with Crippen LogP contribution in [0.3, 0.4) is 0 Å². The maximum absolute atomic E-state index is 13.0. The summed E-state index contributed by atoms with van der Waals surface area (Å²) in [5.41, 5.74) is 1.48. The average Bonchev–Trinajstić information content (AvgIpc) is 3.00. The zero-order valence-corrected chi connectivity index (χ0v) is 20.9. The van der Waals surface area contributed by atoms with Gasteiger partial charge in [0.25, 0.3) is 5.91 Å². The van der Waals surface area contributed by atoms with Crippen molar-refractivity contribution in [1.82, 2.24) is 15.1 Å². The molecule has 0 spiro atoms. The molecule has 0 aromatic heterocycles. The number of benzene rings is 1. The van der Waals surface area contributed by atoms with Crippen LogP contribution in [0.15, 0.2) is 18.2 Å². The largest absolute Gasteiger partial charge is 0.489 e. The summed E-state index contributed by atoms with van der Waals surface area (Å²) in [7, 11) is 1.81. The van der Waals surface area contributed by atoms with Gasteiger partial charge in [-0.25, -0.2) is 0 Å². The molecule has 8 nitrogen and oxygen atoms in total. The van der Waals surface area contributed by atoms with Crippen LogP contribution in [-0.4, -0.2) is 71.5 Å². The molecule has 0 radical (unpaired) electrons. The molecule has 3 atom stereocenters. The molecule has 4 aliphatic rings. The van der Waals surface area contributed by atoms with Gasteiger partial charge in [0.2, 0.25) is 11.8 Å². The first-order valence-corrected chi connectivity index (χ1v) is 13.1. The van der Waals surface area contributed by atoms with Crippen molar-refractivity contribution in [3.63, 3.8) is 0 Å². The van der Waals surface area contributed by atoms with Gasteiger partial charge in [-0.05, 0) is 69.2 Å². The van der Waals surface area contributed by atoms with Gasteiger partial charge in [-0.15, -0.1) is 0 Å². The Morgan fingerprint density at radius 1 is 1.03 bits per heavy atom. The number of fused-ring (bicyclic) bond motifs is 1. The van der Waals surface area contributed by atoms with E-state index in [1.165, 1.54) is 12.8 Å². The molecule has 5 rings (SSSR count). The molecule has 1 saturated carbocycles. The number of carbonyl (C=O) groups excluding carboxylic acids is 3. The molecule has 1 N–H and O–H groups in total. The van der Waals surface area contributed by atoms with E-state index in [4.69, 9.17) is 9.47 Å². The Hall–Kier alpha value is -2.45. The number of hydrogen-bond acceptors (Lipinski definition) is 6. The Bertz CT molecular complexity index is 987. The highest BCUT2D eigenvalue weighted by Gasteiger charge is 2.40. The number of imide groups is 1. The Labute approximate surface area is 207 Å². The quantitative estimate of drug-likeness (QED) is 0.512. The van der Waals surface area contributed by atoms with Gasteiger partial charge in [-0.3, -0.25) is 24.6 Å². The first kappa shape index (κ1) is 24.3. The number of piperidine rings is 2. The fourth-order valence-electron chi connectivity index (χ4n) is 6.14. The Morgan fingerprint density at radius 3 is 2.54 bits per heavy atom. The molecule has 35 heavy (non-hydrogen) atoms. The maximum Gasteiger partial charge on any atom is 0.255 e. The molecule has 3 fully saturated rings. The third kappa shape index (κ3) is 4.96. The summed E-state index contributed by atoms with van der Waals surface area (Å²) in [4.78, 5) is 41.0. The van der Waals surface area contributed by atoms with E-state index >= 15 is 0 Å². The molecule has 1 aromatic rings. The van der Waals surface area contributed by atoms with E-state index in [9.17, 15) is 14.4 Å². The van der Waals surface area contributed by atoms with Gasteiger partial charge in [-0.1, -0.05) is 12.8 Å². The number of amides is 3. The van der Waals surface area contributed by atoms with Crippen molar-refractivity contribution in [3.8, 4) is 5.75 Å². The third-order valence-electron chi connectivity index (χ3n) is 8.52. The summed E-state index contributed by atoms with van der Waals surface area (Å²) in [6.45, 7) is 4.62. The maximum atomic E-state index is 13.0. The minimum Gasteiger partial charge on any atom is -0.489 e. The van der Waals surface area contributed by atoms with Gasteiger partial charge in [-0.2, -0.15) is 0 Å². The lowest BCUT2D eigenvalue weighted by Gasteiger charge is -2.43. The smallest absolute Gasteiger partial charge is 0.255 e. The standard InChI is InChI=1S/C27H37N3O5/c1-27(34-2)12-14-29(15-13-27)21-6-4-3-5-7-23(21)35-19-8-9-20-18(16-19)17-30(26(20)33)22-10-11-24(31)28-25(22)32/h8-9,16,21-23H,3-7,10-15,17H2,1-2H3,(H,28,31,32)/t21-,22?,23-/m0/s1. The Balaban J connectivity index is 1.28. The first-order valence-electron chi connectivity index (χ1n) is 13.1. The van der Waals surface area contributed by atoms with E-state index in [1.54, 1.807) is 4.90 Å². The monoisotopic (exact) mass is 483 g/mol. The van der Waals surface area contributed by atoms with Crippen LogP contribution in [0.25, 0.3) is 0 Å². The molecule has 2 saturated heterocycles. The molecule has 3 heterocycles. The second-order valence-electron chi connectivity index (χ2n) is 10.8. The van der Waals surface area contributed by atoms with Crippen molar-refractivity contribution in [2.75, 3.05) is 20.2 Å². The van der Waals surface area contributed by atoms with Crippen molar-refractivity contribution in [2.45, 2.75) is 95.0 Å². The van der Waals surface area contributed by atoms with Crippen molar-refractivity contribution in [2.24, 2.45) is 0 Å². The molecule has 1 aliphatic carbocycles. The normalized spacial score (nSPS) is 29.5. The number of nitrogens with zero attached hydrogens (tertiary/aromatic N) is 2. The van der Waals surface area contributed by atoms with Gasteiger partial charge in [0.05, 0.1) is 5.60 Å². The van der Waals surface area contributed by atoms with E-state index in [1.807, 2.05) is 25.3 Å². The number of carbonyl (C=O) groups is 3. The summed E-state index contributed by atoms with van der Waals surface area (Å²) >= 11 is 0. The van der Waals surface area contributed by atoms with Crippen molar-refractivity contribution >= 4 is 17.7 Å². The summed E-state index contributed by atoms with van der Waals surface area (Å²) in [6.07, 6.45) is 8.60. The third-order valence-corrected chi connectivity index (χ3v) is 8.52. The number of likely N-dealkylation sites (tertiary alicyclic amines) is 1. The van der Waals surface area contributed by atoms with Crippen molar-refractivity contribution < 1.29 is 23.9 Å². The topological polar surface area (TPSA) is 88.2 Å². The minimum atomic E-state index is -0.597. The van der Waals surface area contributed by atoms with Crippen LogP contribution in [0.1, 0.15) is 80.6 Å². The van der Waals surface area contributed by atoms with E-state index in [2.05, 4.69) is 17.1 Å². The van der Waals surface area contributed by atoms with Gasteiger partial charge >= 0.3 is 0 Å². The van der Waals surface area contributed by atoms with Crippen molar-refractivity contribution in [3.05, 3.63) is 29.3 Å². The summed E-state index contributed by atoms with van der Waals surface area (Å²) in [6, 6.07) is 5.48. The predicted octanol–water partition coefficient (Wildman–Crippen LogP) is 3.03. The van der Waals surface area contributed by atoms with Crippen LogP contribution < -0.4 is 10.1 Å². The molecule has 3 amide bonds. The highest BCUT2D eigenvalue weighted by Crippen LogP contribution is 2.34. The highest BCUT2D eigenvalue weighted by atomic mass is 16.5. The second-order valence-corrected chi connectivity index (χ2v) is 10.8. The fourth-order valence-corrected chi connectivity index (χ4v) is 6.14. The Morgan fingerprint density at radius 2 is 1.80 bits per heavy atom. The van der Waals surface area contributed by atoms with E-state index in [-0.39, 0.29) is 35.8 Å². The molecular formula is C27H37N3O5. The van der Waals surface area contributed by atoms with Crippen LogP contribution in [0.2, 0.25) is 0 Å². The SMILES string of the molecule is COC1(C)CCN([C@H]2CCCCC[C@@H]2Oc2ccc3c(c2)CN(C2CCC(=O)NC2=O)C3=O)CC1. The minimum absolute atomic E-state index is 0.0293. The summed E-state index contributed by atoms with van der Waals surface area (Å²) in [5.74, 6) is -0.0175. The molecule has 190 valence electrons. The lowest BCUT2D eigenvalue weighted by molar-refractivity contribution is -0.136. The van der Waals surface area contributed by atoms with Crippen LogP contribution in [-0.2, 0) is 20.9 Å². The van der Waals surface area contributed by atoms with Crippen LogP contribution in [0.5, 0.6) is 5.75 Å². The van der Waals surface area contributed by atoms with Gasteiger partial charge in [0.15, 0.2) is 0 Å². The number of hydrogen-bond donors (Lipinski definition) is 1. The first-order chi connectivity index (χ1) is 16.9. The van der Waals surface area contributed by atoms with Crippen molar-refractivity contribution in [1.29, 1.82) is 0 Å². The molecule has 0 bridgehead atoms. The van der Waals surface area contributed by atoms with E-state index in [0.29, 0.717) is 24.6 Å². The zero-order valence-electron chi connectivity index (χ0n) is 20.9. The van der Waals surface area contributed by atoms with Crippen LogP contribution in [0, 0.1) is 0 Å². The highest BCUT2D eigenvalue weighted by molar-refractivity contribution is 6.05. The second kappa shape index (κ2) is 9.90. The van der Waals surface area contributed by atoms with Crippen LogP contribution >= 0.6 is 0 Å². The van der Waals surface area contributed by atoms with Gasteiger partial charge < -0.3 is 14.4 Å². The summed E-state index contributed by atoms with van der Waals surface area (Å²) < 4.78 is 12.4. The zero-order chi connectivity index (χ0) is 24.6. The molecular weight excluding hydrogens is 446 g/mol. The number of methoxy groups -OCH3 is 1. The lowest BCUT2D eigenvalue weighted by Crippen LogP contribution is -2.52. The molecule has 1 aromatic carbocycles.